The predicted molar refractivity (Wildman–Crippen MR) is 229 cm³/mol. The number of aliphatic carboxylic acids is 3. The zero-order chi connectivity index (χ0) is 52.9. The van der Waals surface area contributed by atoms with Gasteiger partial charge in [0.25, 0.3) is 0 Å². The maximum atomic E-state index is 14.0. The van der Waals surface area contributed by atoms with E-state index < -0.39 is 58.0 Å². The van der Waals surface area contributed by atoms with Gasteiger partial charge in [-0.15, -0.1) is 0 Å². The molecule has 2 amide bonds. The fourth-order valence-electron chi connectivity index (χ4n) is 6.69. The van der Waals surface area contributed by atoms with Crippen LogP contribution in [0.25, 0.3) is 10.9 Å². The van der Waals surface area contributed by atoms with Crippen molar-refractivity contribution in [3.8, 4) is 5.75 Å². The van der Waals surface area contributed by atoms with Crippen LogP contribution in [0.1, 0.15) is 61.8 Å². The van der Waals surface area contributed by atoms with E-state index in [0.29, 0.717) is 68.6 Å². The number of piperazine rings is 1. The summed E-state index contributed by atoms with van der Waals surface area (Å²) in [5.74, 6) is -8.20. The molecule has 0 unspecified atom stereocenters. The third-order valence-corrected chi connectivity index (χ3v) is 12.5. The van der Waals surface area contributed by atoms with Crippen molar-refractivity contribution in [2.75, 3.05) is 32.7 Å². The number of aromatic nitrogens is 1. The van der Waals surface area contributed by atoms with E-state index in [2.05, 4.69) is 9.71 Å². The number of aryl methyl sites for hydroxylation is 2. The van der Waals surface area contributed by atoms with E-state index >= 15 is 0 Å². The Morgan fingerprint density at radius 3 is 1.80 bits per heavy atom. The number of benzene rings is 2. The van der Waals surface area contributed by atoms with Crippen LogP contribution in [0.2, 0.25) is 10.0 Å². The number of nitrogens with zero attached hydrogens (tertiary/aromatic N) is 3. The van der Waals surface area contributed by atoms with Gasteiger partial charge in [0.1, 0.15) is 28.3 Å². The number of amides is 2. The average molecular weight is 1060 g/mol. The lowest BCUT2D eigenvalue weighted by molar-refractivity contribution is -0.193. The van der Waals surface area contributed by atoms with Gasteiger partial charge in [-0.3, -0.25) is 9.59 Å². The Morgan fingerprint density at radius 2 is 1.32 bits per heavy atom. The number of unbranched alkanes of at least 4 members (excludes halogenated alkanes) is 1. The number of carboxylic acid groups (broad SMARTS) is 3. The number of nitrogens with two attached hydrogens (primary N) is 2. The summed E-state index contributed by atoms with van der Waals surface area (Å²) < 4.78 is 132. The van der Waals surface area contributed by atoms with Crippen molar-refractivity contribution >= 4 is 73.9 Å². The highest BCUT2D eigenvalue weighted by atomic mass is 35.5. The second-order valence-corrected chi connectivity index (χ2v) is 17.6. The normalized spacial score (nSPS) is 15.3. The van der Waals surface area contributed by atoms with Crippen molar-refractivity contribution < 1.29 is 92.0 Å². The van der Waals surface area contributed by atoms with E-state index in [1.54, 1.807) is 15.9 Å². The van der Waals surface area contributed by atoms with Crippen molar-refractivity contribution in [1.29, 1.82) is 0 Å². The number of nitrogens with one attached hydrogen (secondary N) is 1. The van der Waals surface area contributed by atoms with Gasteiger partial charge < -0.3 is 41.3 Å². The molecule has 5 rings (SSSR count). The molecule has 29 heteroatoms. The van der Waals surface area contributed by atoms with Crippen LogP contribution in [0.5, 0.6) is 5.75 Å². The molecule has 1 aliphatic carbocycles. The number of para-hydroxylation sites is 1. The fraction of sp³-hybridized carbons (Fsp3) is 0.500. The molecule has 2 heterocycles. The highest BCUT2D eigenvalue weighted by Gasteiger charge is 2.48. The van der Waals surface area contributed by atoms with Crippen molar-refractivity contribution in [3.05, 3.63) is 63.3 Å². The van der Waals surface area contributed by atoms with Crippen molar-refractivity contribution in [2.45, 2.75) is 100 Å². The highest BCUT2D eigenvalue weighted by molar-refractivity contribution is 7.89. The lowest BCUT2D eigenvalue weighted by atomic mass is 9.96. The molecule has 8 N–H and O–H groups in total. The van der Waals surface area contributed by atoms with E-state index in [-0.39, 0.29) is 46.5 Å². The number of carbonyl (C=O) groups excluding carboxylic acids is 2. The summed E-state index contributed by atoms with van der Waals surface area (Å²) in [6, 6.07) is 9.82. The van der Waals surface area contributed by atoms with Gasteiger partial charge in [-0.05, 0) is 75.9 Å². The van der Waals surface area contributed by atoms with Gasteiger partial charge in [-0.25, -0.2) is 27.8 Å². The predicted octanol–water partition coefficient (Wildman–Crippen LogP) is 6.36. The summed E-state index contributed by atoms with van der Waals surface area (Å²) in [6.07, 6.45) is -11.0. The highest BCUT2D eigenvalue weighted by Crippen LogP contribution is 2.37. The zero-order valence-corrected chi connectivity index (χ0v) is 38.7. The molecule has 1 aliphatic heterocycles. The summed E-state index contributed by atoms with van der Waals surface area (Å²) in [6.45, 7) is 5.59. The van der Waals surface area contributed by atoms with Crippen molar-refractivity contribution in [1.82, 2.24) is 19.5 Å². The smallest absolute Gasteiger partial charge is 0.487 e. The number of carboxylic acids is 3. The fourth-order valence-corrected chi connectivity index (χ4v) is 8.99. The minimum absolute atomic E-state index is 0.0777. The Morgan fingerprint density at radius 1 is 0.826 bits per heavy atom. The molecular formula is C40H47Cl2F9N6O11S. The Balaban J connectivity index is 0.000000646. The zero-order valence-electron chi connectivity index (χ0n) is 36.4. The maximum absolute atomic E-state index is 14.0. The number of fused-ring (bicyclic) bond motifs is 1. The number of rotatable bonds is 12. The molecule has 0 radical (unpaired) electrons. The molecule has 386 valence electrons. The van der Waals surface area contributed by atoms with Crippen LogP contribution < -0.4 is 20.9 Å². The molecule has 1 saturated heterocycles. The average Bonchev–Trinajstić information content (AvgIpc) is 3.71. The number of ether oxygens (including phenoxy) is 1. The Hall–Kier alpha value is -5.22. The van der Waals surface area contributed by atoms with E-state index in [1.165, 1.54) is 12.1 Å². The van der Waals surface area contributed by atoms with E-state index in [9.17, 15) is 57.5 Å². The maximum Gasteiger partial charge on any atom is 0.490 e. The van der Waals surface area contributed by atoms with Crippen molar-refractivity contribution in [2.24, 2.45) is 11.5 Å². The first-order valence-corrected chi connectivity index (χ1v) is 22.4. The summed E-state index contributed by atoms with van der Waals surface area (Å²) in [5, 5.41) is 22.5. The molecule has 69 heavy (non-hydrogen) atoms. The minimum Gasteiger partial charge on any atom is -0.487 e. The van der Waals surface area contributed by atoms with Gasteiger partial charge in [0.05, 0.1) is 11.1 Å². The Labute approximate surface area is 397 Å². The van der Waals surface area contributed by atoms with Gasteiger partial charge in [-0.2, -0.15) is 44.2 Å². The SMILES string of the molecule is Cc1cc(C)c2cccc(OCc3c(Cl)ccc(S(=O)(=O)NC4(C(=O)N5CCN(C(=O)[C@H](N)CCCCN)CC5)CCCC4)c3Cl)c2n1.O=C(O)C(F)(F)F.O=C(O)C(F)(F)F.O=C(O)C(F)(F)F. The third kappa shape index (κ3) is 17.6. The second kappa shape index (κ2) is 25.1. The number of sulfonamides is 1. The van der Waals surface area contributed by atoms with E-state index in [0.717, 1.165) is 29.5 Å². The van der Waals surface area contributed by atoms with Crippen LogP contribution in [-0.2, 0) is 40.6 Å². The number of carbonyl (C=O) groups is 5. The van der Waals surface area contributed by atoms with Gasteiger partial charge >= 0.3 is 36.4 Å². The number of alkyl halides is 9. The summed E-state index contributed by atoms with van der Waals surface area (Å²) in [5.41, 5.74) is 13.2. The van der Waals surface area contributed by atoms with Gasteiger partial charge in [0, 0.05) is 47.8 Å². The van der Waals surface area contributed by atoms with Crippen LogP contribution in [0.15, 0.2) is 41.3 Å². The van der Waals surface area contributed by atoms with Crippen LogP contribution in [0.4, 0.5) is 39.5 Å². The monoisotopic (exact) mass is 1060 g/mol. The van der Waals surface area contributed by atoms with Gasteiger partial charge in [0.2, 0.25) is 21.8 Å². The molecular weight excluding hydrogens is 1010 g/mol. The van der Waals surface area contributed by atoms with Crippen molar-refractivity contribution in [3.63, 3.8) is 0 Å². The molecule has 1 aromatic heterocycles. The summed E-state index contributed by atoms with van der Waals surface area (Å²) in [7, 11) is -4.28. The summed E-state index contributed by atoms with van der Waals surface area (Å²) in [4.78, 5) is 61.3. The third-order valence-electron chi connectivity index (χ3n) is 10.0. The number of hydrogen-bond donors (Lipinski definition) is 6. The van der Waals surface area contributed by atoms with Crippen LogP contribution in [0, 0.1) is 13.8 Å². The van der Waals surface area contributed by atoms with Gasteiger partial charge in [-0.1, -0.05) is 54.6 Å². The van der Waals surface area contributed by atoms with Gasteiger partial charge in [0.15, 0.2) is 0 Å². The van der Waals surface area contributed by atoms with E-state index in [4.69, 9.17) is 69.1 Å². The molecule has 2 aliphatic rings. The van der Waals surface area contributed by atoms with Crippen LogP contribution >= 0.6 is 23.2 Å². The Bertz CT molecular complexity index is 2360. The molecule has 1 atom stereocenters. The van der Waals surface area contributed by atoms with Crippen LogP contribution in [-0.4, -0.2) is 131 Å². The van der Waals surface area contributed by atoms with E-state index in [1.807, 2.05) is 32.0 Å². The molecule has 2 aromatic carbocycles. The molecule has 0 bridgehead atoms. The number of pyridine rings is 1. The Kier molecular flexibility index (Phi) is 21.8. The molecule has 3 aromatic rings. The molecule has 2 fully saturated rings. The molecule has 1 saturated carbocycles. The topological polar surface area (TPSA) is 273 Å². The lowest BCUT2D eigenvalue weighted by Gasteiger charge is -2.40. The number of hydrogen-bond acceptors (Lipinski definition) is 11. The first-order chi connectivity index (χ1) is 31.7. The lowest BCUT2D eigenvalue weighted by Crippen LogP contribution is -2.62. The largest absolute Gasteiger partial charge is 0.490 e. The standard InChI is InChI=1S/C34H44Cl2N6O5S.3C2HF3O2/c1-22-20-23(2)39-31-24(22)8-7-10-28(31)47-21-25-26(35)11-12-29(30(25)36)48(45,46)40-34(13-4-5-14-34)33(44)42-18-16-41(17-19-42)32(43)27(38)9-3-6-15-37;3*3-2(4,5)1(6)7/h7-8,10-12,20,27,40H,3-6,9,13-19,21,37-38H2,1-2H3;3*(H,6,7)/t27-;;;/m1.../s1. The quantitative estimate of drug-likeness (QED) is 0.0852. The second-order valence-electron chi connectivity index (χ2n) is 15.2. The molecule has 17 nitrogen and oxygen atoms in total. The minimum atomic E-state index is -5.08. The first-order valence-electron chi connectivity index (χ1n) is 20.1. The number of halogens is 11. The summed E-state index contributed by atoms with van der Waals surface area (Å²) >= 11 is 13.3. The molecule has 0 spiro atoms. The first kappa shape index (κ1) is 59.9. The van der Waals surface area contributed by atoms with Crippen LogP contribution in [0.3, 0.4) is 0 Å².